The van der Waals surface area contributed by atoms with Crippen molar-refractivity contribution in [3.05, 3.63) is 90.1 Å². The maximum atomic E-state index is 12.7. The first-order chi connectivity index (χ1) is 13.6. The van der Waals surface area contributed by atoms with Gasteiger partial charge < -0.3 is 15.1 Å². The van der Waals surface area contributed by atoms with E-state index in [1.54, 1.807) is 30.3 Å². The quantitative estimate of drug-likeness (QED) is 0.584. The van der Waals surface area contributed by atoms with Gasteiger partial charge in [0.2, 0.25) is 11.7 Å². The van der Waals surface area contributed by atoms with E-state index >= 15 is 0 Å². The summed E-state index contributed by atoms with van der Waals surface area (Å²) in [6, 6.07) is 16.7. The van der Waals surface area contributed by atoms with Crippen LogP contribution in [0.25, 0.3) is 0 Å². The van der Waals surface area contributed by atoms with Gasteiger partial charge in [-0.05, 0) is 17.7 Å². The van der Waals surface area contributed by atoms with Crippen molar-refractivity contribution in [1.82, 2.24) is 15.6 Å². The molecular weight excluding hydrogens is 358 g/mol. The third-order valence-corrected chi connectivity index (χ3v) is 4.05. The van der Waals surface area contributed by atoms with Crippen LogP contribution in [0.5, 0.6) is 0 Å². The second-order valence-corrected chi connectivity index (χ2v) is 6.05. The Morgan fingerprint density at radius 1 is 0.964 bits per heavy atom. The summed E-state index contributed by atoms with van der Waals surface area (Å²) in [6.45, 7) is -0.0116. The average Bonchev–Trinajstić information content (AvgIpc) is 3.26. The normalized spacial score (nSPS) is 11.4. The summed E-state index contributed by atoms with van der Waals surface area (Å²) in [7, 11) is 0. The molecule has 7 heteroatoms. The van der Waals surface area contributed by atoms with Crippen LogP contribution in [-0.4, -0.2) is 28.6 Å². The van der Waals surface area contributed by atoms with Crippen LogP contribution in [-0.2, 0) is 22.6 Å². The first kappa shape index (κ1) is 19.0. The molecule has 0 spiro atoms. The molecular formula is C21H19N3O4. The van der Waals surface area contributed by atoms with Crippen molar-refractivity contribution in [2.45, 2.75) is 19.0 Å². The Hall–Kier alpha value is -3.74. The smallest absolute Gasteiger partial charge is 0.290 e. The lowest BCUT2D eigenvalue weighted by Gasteiger charge is -2.17. The third-order valence-electron chi connectivity index (χ3n) is 4.05. The minimum Gasteiger partial charge on any atom is -0.447 e. The molecule has 3 aromatic rings. The highest BCUT2D eigenvalue weighted by Gasteiger charge is 2.27. The average molecular weight is 377 g/mol. The van der Waals surface area contributed by atoms with Crippen LogP contribution in [0.3, 0.4) is 0 Å². The fourth-order valence-corrected chi connectivity index (χ4v) is 2.63. The molecule has 1 heterocycles. The Kier molecular flexibility index (Phi) is 6.30. The second-order valence-electron chi connectivity index (χ2n) is 6.05. The molecule has 1 aromatic heterocycles. The van der Waals surface area contributed by atoms with Crippen LogP contribution in [0.2, 0.25) is 0 Å². The first-order valence-electron chi connectivity index (χ1n) is 8.73. The molecule has 2 N–H and O–H groups in total. The Morgan fingerprint density at radius 3 is 2.29 bits per heavy atom. The van der Waals surface area contributed by atoms with Crippen molar-refractivity contribution < 1.29 is 18.8 Å². The second kappa shape index (κ2) is 9.27. The number of ketones is 1. The van der Waals surface area contributed by atoms with Crippen LogP contribution in [0.1, 0.15) is 21.8 Å². The Bertz CT molecular complexity index is 925. The summed E-state index contributed by atoms with van der Waals surface area (Å²) in [5, 5.41) is 5.14. The van der Waals surface area contributed by atoms with Gasteiger partial charge in [-0.25, -0.2) is 4.98 Å². The van der Waals surface area contributed by atoms with E-state index in [0.29, 0.717) is 5.56 Å². The van der Waals surface area contributed by atoms with E-state index in [4.69, 9.17) is 4.42 Å². The largest absolute Gasteiger partial charge is 0.447 e. The zero-order valence-electron chi connectivity index (χ0n) is 15.0. The maximum absolute atomic E-state index is 12.7. The van der Waals surface area contributed by atoms with Gasteiger partial charge in [0.25, 0.3) is 11.8 Å². The van der Waals surface area contributed by atoms with Crippen molar-refractivity contribution in [2.24, 2.45) is 0 Å². The highest BCUT2D eigenvalue weighted by Crippen LogP contribution is 2.07. The van der Waals surface area contributed by atoms with E-state index in [0.717, 1.165) is 5.56 Å². The fraction of sp³-hybridized carbons (Fsp3) is 0.143. The molecule has 0 aliphatic carbocycles. The van der Waals surface area contributed by atoms with Gasteiger partial charge in [-0.2, -0.15) is 0 Å². The third kappa shape index (κ3) is 5.14. The molecule has 7 nitrogen and oxygen atoms in total. The predicted molar refractivity (Wildman–Crippen MR) is 101 cm³/mol. The zero-order chi connectivity index (χ0) is 19.8. The topological polar surface area (TPSA) is 101 Å². The van der Waals surface area contributed by atoms with Crippen LogP contribution in [0, 0.1) is 0 Å². The number of hydrogen-bond acceptors (Lipinski definition) is 5. The number of oxazole rings is 1. The number of nitrogens with zero attached hydrogens (tertiary/aromatic N) is 1. The van der Waals surface area contributed by atoms with Gasteiger partial charge in [0.1, 0.15) is 12.3 Å². The number of aromatic nitrogens is 1. The van der Waals surface area contributed by atoms with Crippen LogP contribution in [0.4, 0.5) is 0 Å². The number of amides is 2. The number of Topliss-reactive ketones (excluding diaryl/α,β-unsaturated/α-hetero) is 1. The van der Waals surface area contributed by atoms with E-state index < -0.39 is 23.6 Å². The van der Waals surface area contributed by atoms with E-state index in [9.17, 15) is 14.4 Å². The van der Waals surface area contributed by atoms with Gasteiger partial charge >= 0.3 is 0 Å². The molecule has 0 fully saturated rings. The van der Waals surface area contributed by atoms with Crippen molar-refractivity contribution in [3.8, 4) is 0 Å². The van der Waals surface area contributed by atoms with Crippen molar-refractivity contribution in [3.63, 3.8) is 0 Å². The highest BCUT2D eigenvalue weighted by molar-refractivity contribution is 6.38. The summed E-state index contributed by atoms with van der Waals surface area (Å²) in [5.74, 6) is -1.68. The van der Waals surface area contributed by atoms with E-state index in [2.05, 4.69) is 15.6 Å². The minimum absolute atomic E-state index is 0.0116. The van der Waals surface area contributed by atoms with Gasteiger partial charge in [-0.15, -0.1) is 0 Å². The van der Waals surface area contributed by atoms with Crippen molar-refractivity contribution in [1.29, 1.82) is 0 Å². The van der Waals surface area contributed by atoms with E-state index in [-0.39, 0.29) is 18.9 Å². The summed E-state index contributed by atoms with van der Waals surface area (Å²) in [6.07, 6.45) is 3.02. The van der Waals surface area contributed by atoms with Gasteiger partial charge in [0.15, 0.2) is 0 Å². The molecule has 0 saturated carbocycles. The number of carbonyl (C=O) groups excluding carboxylic acids is 3. The molecule has 0 saturated heterocycles. The SMILES string of the molecule is O=C(NCc1ncco1)C(=O)[C@@H](Cc1ccccc1)NC(=O)c1ccccc1. The monoisotopic (exact) mass is 377 g/mol. The molecule has 3 rings (SSSR count). The minimum atomic E-state index is -1.00. The summed E-state index contributed by atoms with van der Waals surface area (Å²) >= 11 is 0. The zero-order valence-corrected chi connectivity index (χ0v) is 15.0. The van der Waals surface area contributed by atoms with Gasteiger partial charge in [-0.1, -0.05) is 48.5 Å². The molecule has 1 atom stereocenters. The molecule has 2 aromatic carbocycles. The number of rotatable bonds is 8. The lowest BCUT2D eigenvalue weighted by atomic mass is 10.0. The molecule has 142 valence electrons. The molecule has 28 heavy (non-hydrogen) atoms. The Labute approximate surface area is 161 Å². The van der Waals surface area contributed by atoms with Gasteiger partial charge in [0, 0.05) is 12.0 Å². The first-order valence-corrected chi connectivity index (χ1v) is 8.73. The molecule has 0 aliphatic heterocycles. The van der Waals surface area contributed by atoms with Crippen LogP contribution < -0.4 is 10.6 Å². The molecule has 0 radical (unpaired) electrons. The number of carbonyl (C=O) groups is 3. The van der Waals surface area contributed by atoms with E-state index in [1.807, 2.05) is 30.3 Å². The van der Waals surface area contributed by atoms with E-state index in [1.165, 1.54) is 12.5 Å². The van der Waals surface area contributed by atoms with Gasteiger partial charge in [-0.3, -0.25) is 14.4 Å². The molecule has 0 bridgehead atoms. The van der Waals surface area contributed by atoms with Gasteiger partial charge in [0.05, 0.1) is 12.7 Å². The summed E-state index contributed by atoms with van der Waals surface area (Å²) < 4.78 is 5.04. The summed E-state index contributed by atoms with van der Waals surface area (Å²) in [4.78, 5) is 41.4. The lowest BCUT2D eigenvalue weighted by molar-refractivity contribution is -0.139. The number of nitrogens with one attached hydrogen (secondary N) is 2. The molecule has 0 unspecified atom stereocenters. The maximum Gasteiger partial charge on any atom is 0.290 e. The Morgan fingerprint density at radius 2 is 1.64 bits per heavy atom. The highest BCUT2D eigenvalue weighted by atomic mass is 16.3. The fourth-order valence-electron chi connectivity index (χ4n) is 2.63. The number of benzene rings is 2. The van der Waals surface area contributed by atoms with Crippen LogP contribution >= 0.6 is 0 Å². The standard InChI is InChI=1S/C21H19N3O4/c25-19(21(27)23-14-18-22-11-12-28-18)17(13-15-7-3-1-4-8-15)24-20(26)16-9-5-2-6-10-16/h1-12,17H,13-14H2,(H,23,27)(H,24,26)/t17-/m1/s1. The lowest BCUT2D eigenvalue weighted by Crippen LogP contribution is -2.48. The number of hydrogen-bond donors (Lipinski definition) is 2. The molecule has 0 aliphatic rings. The predicted octanol–water partition coefficient (Wildman–Crippen LogP) is 1.90. The molecule has 2 amide bonds. The van der Waals surface area contributed by atoms with Crippen molar-refractivity contribution in [2.75, 3.05) is 0 Å². The van der Waals surface area contributed by atoms with Crippen molar-refractivity contribution >= 4 is 17.6 Å². The van der Waals surface area contributed by atoms with Crippen LogP contribution in [0.15, 0.2) is 77.5 Å². The Balaban J connectivity index is 1.71. The summed E-state index contributed by atoms with van der Waals surface area (Å²) in [5.41, 5.74) is 1.24.